The first kappa shape index (κ1) is 26.7. The fourth-order valence-electron chi connectivity index (χ4n) is 6.00. The van der Waals surface area contributed by atoms with Gasteiger partial charge in [-0.15, -0.1) is 0 Å². The molecular weight excluding hydrogens is 743 g/mol. The van der Waals surface area contributed by atoms with Crippen molar-refractivity contribution in [3.8, 4) is 45.6 Å². The summed E-state index contributed by atoms with van der Waals surface area (Å²) in [4.78, 5) is 36.4. The molecule has 0 spiro atoms. The van der Waals surface area contributed by atoms with Crippen LogP contribution in [0.25, 0.3) is 89.7 Å². The summed E-state index contributed by atoms with van der Waals surface area (Å²) in [5.41, 5.74) is 31.8. The average molecular weight is 765 g/mol. The van der Waals surface area contributed by atoms with Crippen LogP contribution < -0.4 is 22.9 Å². The molecule has 2 aliphatic rings. The minimum atomic E-state index is 0. The summed E-state index contributed by atoms with van der Waals surface area (Å²) in [5.74, 6) is 1.88. The van der Waals surface area contributed by atoms with Gasteiger partial charge in [-0.3, -0.25) is 0 Å². The van der Waals surface area contributed by atoms with Gasteiger partial charge in [0.15, 0.2) is 23.3 Å². The Balaban J connectivity index is 0.00000300. The largest absolute Gasteiger partial charge is 0.396 e. The van der Waals surface area contributed by atoms with E-state index >= 15 is 0 Å². The first-order chi connectivity index (χ1) is 21.5. The molecule has 2 aliphatic heterocycles. The number of nitrogens with zero attached hydrogens (tertiary/aromatic N) is 6. The van der Waals surface area contributed by atoms with Crippen LogP contribution in [0.15, 0.2) is 72.8 Å². The van der Waals surface area contributed by atoms with Crippen LogP contribution in [0.3, 0.4) is 0 Å². The van der Waals surface area contributed by atoms with Gasteiger partial charge >= 0.3 is 0 Å². The van der Waals surface area contributed by atoms with Gasteiger partial charge in [-0.25, -0.2) is 29.9 Å². The third kappa shape index (κ3) is 3.74. The fourth-order valence-corrected chi connectivity index (χ4v) is 6.00. The number of fused-ring (bicyclic) bond motifs is 20. The van der Waals surface area contributed by atoms with Gasteiger partial charge in [-0.2, -0.15) is 0 Å². The van der Waals surface area contributed by atoms with Crippen molar-refractivity contribution in [2.24, 2.45) is 0 Å². The van der Waals surface area contributed by atoms with Crippen LogP contribution in [-0.4, -0.2) is 39.9 Å². The molecule has 9 rings (SSSR count). The van der Waals surface area contributed by atoms with Crippen LogP contribution in [-0.2, 0) is 19.8 Å². The zero-order valence-electron chi connectivity index (χ0n) is 23.3. The number of nitrogens with two attached hydrogens (primary N) is 4. The summed E-state index contributed by atoms with van der Waals surface area (Å²) in [6.45, 7) is 0. The van der Waals surface area contributed by atoms with Crippen LogP contribution in [0.1, 0.15) is 0 Å². The molecule has 12 nitrogen and oxygen atoms in total. The molecule has 0 fully saturated rings. The van der Waals surface area contributed by atoms with Gasteiger partial charge in [0.05, 0.1) is 33.5 Å². The van der Waals surface area contributed by atoms with E-state index in [0.717, 1.165) is 33.0 Å². The van der Waals surface area contributed by atoms with Crippen molar-refractivity contribution in [3.63, 3.8) is 0 Å². The molecule has 0 amide bonds. The minimum Gasteiger partial charge on any atom is -0.396 e. The predicted octanol–water partition coefficient (Wildman–Crippen LogP) is 5.20. The fraction of sp³-hybridized carbons (Fsp3) is 0. The second-order valence-corrected chi connectivity index (χ2v) is 10.7. The summed E-state index contributed by atoms with van der Waals surface area (Å²) in [6.07, 6.45) is 0. The quantitative estimate of drug-likeness (QED) is 0.111. The van der Waals surface area contributed by atoms with Gasteiger partial charge in [0.25, 0.3) is 0 Å². The number of hydrogen-bond acceptors (Lipinski definition) is 10. The number of H-pyrrole nitrogens is 2. The summed E-state index contributed by atoms with van der Waals surface area (Å²) in [7, 11) is 0. The van der Waals surface area contributed by atoms with Crippen molar-refractivity contribution < 1.29 is 19.8 Å². The number of nitrogen functional groups attached to an aromatic ring is 4. The van der Waals surface area contributed by atoms with Gasteiger partial charge in [-0.05, 0) is 0 Å². The molecule has 0 radical (unpaired) electrons. The Morgan fingerprint density at radius 1 is 0.378 bits per heavy atom. The Morgan fingerprint density at radius 2 is 0.689 bits per heavy atom. The van der Waals surface area contributed by atoms with Crippen molar-refractivity contribution in [2.45, 2.75) is 0 Å². The van der Waals surface area contributed by atoms with Crippen LogP contribution in [0, 0.1) is 0 Å². The maximum absolute atomic E-state index is 6.56. The molecule has 13 heteroatoms. The minimum absolute atomic E-state index is 0. The Hall–Kier alpha value is -5.92. The molecule has 45 heavy (non-hydrogen) atoms. The number of aromatic nitrogens is 8. The molecule has 7 aromatic rings. The third-order valence-electron chi connectivity index (χ3n) is 8.16. The standard InChI is InChI=1S/C32H22N12.Os/c33-21-19-20(22(34)24(36)23(21)35)32-43-30-18-12-6-4-10-16(18)28(41-30)39-26-14-8-2-1-7-13(14)25(37-26)38-27-15-9-3-5-11-17(15)29(40-27)42-31(19)44-32;/h1-12H,33-36H2,(H2,37,38,39,40,41,42,43,44);. The van der Waals surface area contributed by atoms with Crippen molar-refractivity contribution in [2.75, 3.05) is 22.9 Å². The van der Waals surface area contributed by atoms with E-state index in [1.807, 2.05) is 72.8 Å². The molecule has 0 saturated heterocycles. The van der Waals surface area contributed by atoms with E-state index < -0.39 is 0 Å². The number of anilines is 4. The monoisotopic (exact) mass is 766 g/mol. The van der Waals surface area contributed by atoms with Gasteiger partial charge in [0.2, 0.25) is 0 Å². The third-order valence-corrected chi connectivity index (χ3v) is 8.16. The Kier molecular flexibility index (Phi) is 5.66. The van der Waals surface area contributed by atoms with Gasteiger partial charge in [0, 0.05) is 52.8 Å². The van der Waals surface area contributed by atoms with Crippen molar-refractivity contribution in [3.05, 3.63) is 72.8 Å². The Labute approximate surface area is 267 Å². The van der Waals surface area contributed by atoms with Crippen LogP contribution in [0.5, 0.6) is 0 Å². The number of hydrogen-bond donors (Lipinski definition) is 6. The topological polar surface area (TPSA) is 213 Å². The molecule has 0 unspecified atom stereocenters. The van der Waals surface area contributed by atoms with Gasteiger partial charge in [0.1, 0.15) is 22.6 Å². The van der Waals surface area contributed by atoms with E-state index in [-0.39, 0.29) is 42.5 Å². The van der Waals surface area contributed by atoms with E-state index in [1.165, 1.54) is 0 Å². The van der Waals surface area contributed by atoms with Crippen molar-refractivity contribution in [1.82, 2.24) is 39.9 Å². The summed E-state index contributed by atoms with van der Waals surface area (Å²) < 4.78 is 0. The van der Waals surface area contributed by atoms with E-state index in [0.29, 0.717) is 56.7 Å². The van der Waals surface area contributed by atoms with E-state index in [1.54, 1.807) is 0 Å². The molecule has 218 valence electrons. The second-order valence-electron chi connectivity index (χ2n) is 10.7. The number of rotatable bonds is 0. The number of aromatic amines is 2. The first-order valence-corrected chi connectivity index (χ1v) is 13.8. The van der Waals surface area contributed by atoms with E-state index in [9.17, 15) is 0 Å². The van der Waals surface area contributed by atoms with Crippen molar-refractivity contribution in [1.29, 1.82) is 0 Å². The van der Waals surface area contributed by atoms with Gasteiger partial charge < -0.3 is 32.9 Å². The number of benzene rings is 4. The summed E-state index contributed by atoms with van der Waals surface area (Å²) >= 11 is 0. The zero-order valence-corrected chi connectivity index (χ0v) is 25.8. The smallest absolute Gasteiger partial charge is 0.164 e. The first-order valence-electron chi connectivity index (χ1n) is 13.8. The molecule has 3 aromatic heterocycles. The maximum Gasteiger partial charge on any atom is 0.164 e. The van der Waals surface area contributed by atoms with E-state index in [2.05, 4.69) is 9.97 Å². The second kappa shape index (κ2) is 9.54. The molecule has 0 atom stereocenters. The van der Waals surface area contributed by atoms with Gasteiger partial charge in [-0.1, -0.05) is 72.8 Å². The Bertz CT molecular complexity index is 2400. The van der Waals surface area contributed by atoms with Crippen LogP contribution in [0.4, 0.5) is 22.7 Å². The molecule has 4 aromatic carbocycles. The Morgan fingerprint density at radius 3 is 1.07 bits per heavy atom. The molecule has 0 aliphatic carbocycles. The SMILES string of the molecule is Nc1c(N)c(N)c2c3nc4nc(nc5[nH]c(nc6nc(nc([nH]3)c2c1N)-c1ccccc1-6)c1ccccc51)-c1ccccc1-4.[Os]. The average Bonchev–Trinajstić information content (AvgIpc) is 3.78. The molecule has 0 saturated carbocycles. The van der Waals surface area contributed by atoms with Crippen molar-refractivity contribution >= 4 is 66.9 Å². The molecule has 8 bridgehead atoms. The zero-order chi connectivity index (χ0) is 29.7. The summed E-state index contributed by atoms with van der Waals surface area (Å²) in [5, 5.41) is 2.78. The van der Waals surface area contributed by atoms with E-state index in [4.69, 9.17) is 52.8 Å². The summed E-state index contributed by atoms with van der Waals surface area (Å²) in [6, 6.07) is 23.5. The number of nitrogens with one attached hydrogen (secondary N) is 2. The van der Waals surface area contributed by atoms with Crippen LogP contribution >= 0.6 is 0 Å². The molecule has 5 heterocycles. The normalized spacial score (nSPS) is 11.7. The van der Waals surface area contributed by atoms with Crippen LogP contribution in [0.2, 0.25) is 0 Å². The molecule has 10 N–H and O–H groups in total. The maximum atomic E-state index is 6.56. The predicted molar refractivity (Wildman–Crippen MR) is 174 cm³/mol. The molecular formula is C32H22N12Os.